The second kappa shape index (κ2) is 4.87. The van der Waals surface area contributed by atoms with Crippen LogP contribution in [0.1, 0.15) is 33.3 Å². The van der Waals surface area contributed by atoms with Crippen LogP contribution in [0.5, 0.6) is 0 Å². The molecule has 1 aromatic heterocycles. The van der Waals surface area contributed by atoms with Crippen LogP contribution in [0.4, 0.5) is 0 Å². The summed E-state index contributed by atoms with van der Waals surface area (Å²) in [5.41, 5.74) is 2.53. The Labute approximate surface area is 125 Å². The predicted molar refractivity (Wildman–Crippen MR) is 84.8 cm³/mol. The average Bonchev–Trinajstić information content (AvgIpc) is 2.89. The molecule has 1 fully saturated rings. The van der Waals surface area contributed by atoms with Crippen LogP contribution in [0, 0.1) is 0 Å². The van der Waals surface area contributed by atoms with Gasteiger partial charge in [0.1, 0.15) is 0 Å². The SMILES string of the molecule is CC1(C)OB(c2ccc3c(CCO)c[nH]c3c2)OC1(C)C. The molecule has 0 atom stereocenters. The molecule has 2 N–H and O–H groups in total. The summed E-state index contributed by atoms with van der Waals surface area (Å²) in [6, 6.07) is 6.18. The number of benzene rings is 1. The van der Waals surface area contributed by atoms with Gasteiger partial charge in [0.2, 0.25) is 0 Å². The summed E-state index contributed by atoms with van der Waals surface area (Å²) in [5, 5.41) is 10.2. The van der Waals surface area contributed by atoms with Gasteiger partial charge in [0.05, 0.1) is 11.2 Å². The molecule has 1 saturated heterocycles. The Hall–Kier alpha value is -1.30. The van der Waals surface area contributed by atoms with E-state index in [1.165, 1.54) is 0 Å². The standard InChI is InChI=1S/C16H22BNO3/c1-15(2)16(3,4)21-17(20-15)12-5-6-13-11(7-8-19)10-18-14(13)9-12/h5-6,9-10,18-19H,7-8H2,1-4H3. The van der Waals surface area contributed by atoms with E-state index in [2.05, 4.69) is 44.8 Å². The highest BCUT2D eigenvalue weighted by Gasteiger charge is 2.51. The van der Waals surface area contributed by atoms with Gasteiger partial charge in [-0.05, 0) is 51.2 Å². The third kappa shape index (κ3) is 2.39. The zero-order valence-electron chi connectivity index (χ0n) is 13.1. The zero-order chi connectivity index (χ0) is 15.3. The van der Waals surface area contributed by atoms with Gasteiger partial charge in [0.25, 0.3) is 0 Å². The van der Waals surface area contributed by atoms with Crippen LogP contribution < -0.4 is 5.46 Å². The summed E-state index contributed by atoms with van der Waals surface area (Å²) in [6.07, 6.45) is 2.62. The van der Waals surface area contributed by atoms with Gasteiger partial charge >= 0.3 is 7.12 Å². The Morgan fingerprint density at radius 3 is 2.43 bits per heavy atom. The third-order valence-electron chi connectivity index (χ3n) is 4.70. The maximum Gasteiger partial charge on any atom is 0.494 e. The first-order valence-electron chi connectivity index (χ1n) is 7.40. The lowest BCUT2D eigenvalue weighted by Crippen LogP contribution is -2.41. The minimum absolute atomic E-state index is 0.159. The van der Waals surface area contributed by atoms with Gasteiger partial charge in [-0.2, -0.15) is 0 Å². The Morgan fingerprint density at radius 1 is 1.14 bits per heavy atom. The molecular formula is C16H22BNO3. The van der Waals surface area contributed by atoms with Crippen molar-refractivity contribution in [3.05, 3.63) is 30.0 Å². The lowest BCUT2D eigenvalue weighted by Gasteiger charge is -2.32. The Balaban J connectivity index is 1.92. The number of rotatable bonds is 3. The number of aromatic nitrogens is 1. The minimum Gasteiger partial charge on any atom is -0.399 e. The summed E-state index contributed by atoms with van der Waals surface area (Å²) >= 11 is 0. The van der Waals surface area contributed by atoms with Crippen LogP contribution in [-0.4, -0.2) is 35.0 Å². The molecule has 0 aliphatic carbocycles. The lowest BCUT2D eigenvalue weighted by atomic mass is 9.78. The average molecular weight is 287 g/mol. The first-order chi connectivity index (χ1) is 9.84. The van der Waals surface area contributed by atoms with E-state index in [1.807, 2.05) is 12.3 Å². The largest absolute Gasteiger partial charge is 0.494 e. The summed E-state index contributed by atoms with van der Waals surface area (Å²) in [6.45, 7) is 8.38. The molecule has 0 saturated carbocycles. The number of nitrogens with one attached hydrogen (secondary N) is 1. The molecule has 3 rings (SSSR count). The van der Waals surface area contributed by atoms with E-state index in [0.717, 1.165) is 21.9 Å². The first-order valence-corrected chi connectivity index (χ1v) is 7.40. The molecule has 21 heavy (non-hydrogen) atoms. The lowest BCUT2D eigenvalue weighted by molar-refractivity contribution is 0.00578. The summed E-state index contributed by atoms with van der Waals surface area (Å²) in [4.78, 5) is 3.26. The highest BCUT2D eigenvalue weighted by molar-refractivity contribution is 6.62. The molecule has 112 valence electrons. The molecule has 0 spiro atoms. The highest BCUT2D eigenvalue weighted by Crippen LogP contribution is 2.36. The van der Waals surface area contributed by atoms with Crippen molar-refractivity contribution in [3.63, 3.8) is 0 Å². The van der Waals surface area contributed by atoms with Gasteiger partial charge in [-0.3, -0.25) is 0 Å². The molecule has 0 radical (unpaired) electrons. The molecule has 1 aromatic carbocycles. The molecule has 0 bridgehead atoms. The Morgan fingerprint density at radius 2 is 1.81 bits per heavy atom. The van der Waals surface area contributed by atoms with Crippen LogP contribution in [0.15, 0.2) is 24.4 Å². The van der Waals surface area contributed by atoms with Crippen molar-refractivity contribution in [2.45, 2.75) is 45.3 Å². The molecule has 1 aliphatic heterocycles. The Kier molecular flexibility index (Phi) is 3.39. The minimum atomic E-state index is -0.344. The fourth-order valence-electron chi connectivity index (χ4n) is 2.66. The summed E-state index contributed by atoms with van der Waals surface area (Å²) in [5.74, 6) is 0. The van der Waals surface area contributed by atoms with Crippen LogP contribution in [-0.2, 0) is 15.7 Å². The van der Waals surface area contributed by atoms with E-state index in [0.29, 0.717) is 6.42 Å². The zero-order valence-corrected chi connectivity index (χ0v) is 13.1. The Bertz CT molecular complexity index is 647. The van der Waals surface area contributed by atoms with Crippen LogP contribution in [0.3, 0.4) is 0 Å². The quantitative estimate of drug-likeness (QED) is 0.849. The van der Waals surface area contributed by atoms with E-state index >= 15 is 0 Å². The maximum atomic E-state index is 9.09. The number of aliphatic hydroxyl groups excluding tert-OH is 1. The van der Waals surface area contributed by atoms with Gasteiger partial charge in [0, 0.05) is 23.7 Å². The van der Waals surface area contributed by atoms with Crippen LogP contribution in [0.2, 0.25) is 0 Å². The molecule has 5 heteroatoms. The van der Waals surface area contributed by atoms with Crippen molar-refractivity contribution in [2.24, 2.45) is 0 Å². The van der Waals surface area contributed by atoms with E-state index in [9.17, 15) is 0 Å². The smallest absolute Gasteiger partial charge is 0.399 e. The number of aromatic amines is 1. The molecule has 0 amide bonds. The van der Waals surface area contributed by atoms with Gasteiger partial charge in [0.15, 0.2) is 0 Å². The van der Waals surface area contributed by atoms with Gasteiger partial charge in [-0.25, -0.2) is 0 Å². The van der Waals surface area contributed by atoms with E-state index in [-0.39, 0.29) is 24.9 Å². The first kappa shape index (κ1) is 14.6. The van der Waals surface area contributed by atoms with Crippen molar-refractivity contribution < 1.29 is 14.4 Å². The van der Waals surface area contributed by atoms with Gasteiger partial charge in [-0.15, -0.1) is 0 Å². The molecule has 2 aromatic rings. The third-order valence-corrected chi connectivity index (χ3v) is 4.70. The predicted octanol–water partition coefficient (Wildman–Crippen LogP) is 2.00. The van der Waals surface area contributed by atoms with Crippen molar-refractivity contribution in [2.75, 3.05) is 6.61 Å². The number of hydrogen-bond donors (Lipinski definition) is 2. The molecular weight excluding hydrogens is 265 g/mol. The van der Waals surface area contributed by atoms with Crippen molar-refractivity contribution in [1.29, 1.82) is 0 Å². The number of hydrogen-bond acceptors (Lipinski definition) is 3. The fraction of sp³-hybridized carbons (Fsp3) is 0.500. The van der Waals surface area contributed by atoms with Crippen LogP contribution >= 0.6 is 0 Å². The van der Waals surface area contributed by atoms with Gasteiger partial charge in [-0.1, -0.05) is 12.1 Å². The topological polar surface area (TPSA) is 54.5 Å². The number of fused-ring (bicyclic) bond motifs is 1. The molecule has 1 aliphatic rings. The normalized spacial score (nSPS) is 20.3. The number of aliphatic hydroxyl groups is 1. The second-order valence-electron chi connectivity index (χ2n) is 6.68. The van der Waals surface area contributed by atoms with Gasteiger partial charge < -0.3 is 19.4 Å². The second-order valence-corrected chi connectivity index (χ2v) is 6.68. The summed E-state index contributed by atoms with van der Waals surface area (Å²) < 4.78 is 12.2. The van der Waals surface area contributed by atoms with Crippen molar-refractivity contribution >= 4 is 23.5 Å². The van der Waals surface area contributed by atoms with Crippen molar-refractivity contribution in [1.82, 2.24) is 4.98 Å². The highest BCUT2D eigenvalue weighted by atomic mass is 16.7. The number of H-pyrrole nitrogens is 1. The van der Waals surface area contributed by atoms with E-state index < -0.39 is 0 Å². The van der Waals surface area contributed by atoms with E-state index in [1.54, 1.807) is 0 Å². The monoisotopic (exact) mass is 287 g/mol. The van der Waals surface area contributed by atoms with Crippen LogP contribution in [0.25, 0.3) is 10.9 Å². The molecule has 2 heterocycles. The summed E-state index contributed by atoms with van der Waals surface area (Å²) in [7, 11) is -0.344. The fourth-order valence-corrected chi connectivity index (χ4v) is 2.66. The molecule has 0 unspecified atom stereocenters. The van der Waals surface area contributed by atoms with E-state index in [4.69, 9.17) is 14.4 Å². The maximum absolute atomic E-state index is 9.09. The van der Waals surface area contributed by atoms with Crippen molar-refractivity contribution in [3.8, 4) is 0 Å². The molecule has 4 nitrogen and oxygen atoms in total.